The van der Waals surface area contributed by atoms with Gasteiger partial charge in [0, 0.05) is 24.7 Å². The van der Waals surface area contributed by atoms with Crippen LogP contribution in [-0.4, -0.2) is 33.9 Å². The predicted octanol–water partition coefficient (Wildman–Crippen LogP) is 3.25. The number of hydrogen-bond donors (Lipinski definition) is 3. The number of benzene rings is 3. The van der Waals surface area contributed by atoms with Crippen LogP contribution in [0.4, 0.5) is 11.4 Å². The maximum absolute atomic E-state index is 12.7. The number of amides is 2. The molecule has 8 nitrogen and oxygen atoms in total. The van der Waals surface area contributed by atoms with Crippen molar-refractivity contribution in [3.8, 4) is 5.75 Å². The van der Waals surface area contributed by atoms with E-state index < -0.39 is 21.8 Å². The van der Waals surface area contributed by atoms with Crippen LogP contribution in [0.15, 0.2) is 83.8 Å². The maximum Gasteiger partial charge on any atom is 0.257 e. The Morgan fingerprint density at radius 2 is 1.59 bits per heavy atom. The van der Waals surface area contributed by atoms with E-state index in [9.17, 15) is 18.0 Å². The minimum absolute atomic E-state index is 0.0821. The van der Waals surface area contributed by atoms with Crippen molar-refractivity contribution >= 4 is 33.2 Å². The van der Waals surface area contributed by atoms with Gasteiger partial charge in [-0.05, 0) is 36.4 Å². The quantitative estimate of drug-likeness (QED) is 0.460. The monoisotopic (exact) mass is 453 g/mol. The zero-order valence-electron chi connectivity index (χ0n) is 17.4. The van der Waals surface area contributed by atoms with E-state index in [2.05, 4.69) is 15.4 Å². The highest BCUT2D eigenvalue weighted by Gasteiger charge is 2.16. The molecule has 0 saturated carbocycles. The number of sulfonamides is 1. The lowest BCUT2D eigenvalue weighted by Gasteiger charge is -2.12. The van der Waals surface area contributed by atoms with Crippen LogP contribution in [0.5, 0.6) is 5.75 Å². The summed E-state index contributed by atoms with van der Waals surface area (Å²) in [6.45, 7) is -0.0821. The third-order valence-corrected chi connectivity index (χ3v) is 5.95. The molecule has 0 aliphatic carbocycles. The zero-order chi connectivity index (χ0) is 23.0. The number of carbonyl (C=O) groups is 2. The van der Waals surface area contributed by atoms with Crippen LogP contribution in [-0.2, 0) is 14.8 Å². The van der Waals surface area contributed by atoms with Gasteiger partial charge in [-0.2, -0.15) is 0 Å². The van der Waals surface area contributed by atoms with Gasteiger partial charge in [0.15, 0.2) is 0 Å². The third-order valence-electron chi connectivity index (χ3n) is 4.47. The van der Waals surface area contributed by atoms with Gasteiger partial charge >= 0.3 is 0 Å². The summed E-state index contributed by atoms with van der Waals surface area (Å²) >= 11 is 0. The first kappa shape index (κ1) is 23.0. The van der Waals surface area contributed by atoms with Crippen molar-refractivity contribution in [3.05, 3.63) is 84.4 Å². The first-order valence-electron chi connectivity index (χ1n) is 9.78. The molecule has 166 valence electrons. The molecule has 0 unspecified atom stereocenters. The minimum atomic E-state index is -3.70. The van der Waals surface area contributed by atoms with Gasteiger partial charge in [0.05, 0.1) is 23.3 Å². The number of rotatable bonds is 9. The van der Waals surface area contributed by atoms with Gasteiger partial charge in [-0.3, -0.25) is 9.59 Å². The molecule has 0 aliphatic rings. The number of carbonyl (C=O) groups excluding carboxylic acids is 2. The van der Waals surface area contributed by atoms with E-state index >= 15 is 0 Å². The molecule has 32 heavy (non-hydrogen) atoms. The Morgan fingerprint density at radius 1 is 0.875 bits per heavy atom. The summed E-state index contributed by atoms with van der Waals surface area (Å²) < 4.78 is 32.0. The summed E-state index contributed by atoms with van der Waals surface area (Å²) in [5.41, 5.74) is 1.14. The number of para-hydroxylation sites is 1. The molecule has 0 bridgehead atoms. The summed E-state index contributed by atoms with van der Waals surface area (Å²) in [5, 5.41) is 5.43. The molecule has 0 aliphatic heterocycles. The first-order chi connectivity index (χ1) is 15.4. The van der Waals surface area contributed by atoms with Gasteiger partial charge in [0.1, 0.15) is 5.75 Å². The summed E-state index contributed by atoms with van der Waals surface area (Å²) in [6, 6.07) is 21.4. The van der Waals surface area contributed by atoms with E-state index in [0.717, 1.165) is 0 Å². The molecule has 0 atom stereocenters. The second-order valence-corrected chi connectivity index (χ2v) is 8.51. The molecule has 3 aromatic carbocycles. The van der Waals surface area contributed by atoms with E-state index in [0.29, 0.717) is 17.1 Å². The average Bonchev–Trinajstić information content (AvgIpc) is 2.80. The van der Waals surface area contributed by atoms with Gasteiger partial charge in [-0.1, -0.05) is 36.4 Å². The number of anilines is 2. The molecule has 0 spiro atoms. The van der Waals surface area contributed by atoms with Crippen molar-refractivity contribution < 1.29 is 22.7 Å². The zero-order valence-corrected chi connectivity index (χ0v) is 18.2. The van der Waals surface area contributed by atoms with Crippen molar-refractivity contribution in [1.29, 1.82) is 0 Å². The van der Waals surface area contributed by atoms with Crippen LogP contribution in [0.25, 0.3) is 0 Å². The van der Waals surface area contributed by atoms with Crippen LogP contribution < -0.4 is 20.1 Å². The molecule has 0 radical (unpaired) electrons. The summed E-state index contributed by atoms with van der Waals surface area (Å²) in [7, 11) is -2.16. The van der Waals surface area contributed by atoms with Crippen LogP contribution in [0.2, 0.25) is 0 Å². The minimum Gasteiger partial charge on any atom is -0.497 e. The Balaban J connectivity index is 1.60. The molecule has 3 rings (SSSR count). The van der Waals surface area contributed by atoms with Crippen LogP contribution >= 0.6 is 0 Å². The summed E-state index contributed by atoms with van der Waals surface area (Å²) in [5.74, 6) is -0.233. The second-order valence-electron chi connectivity index (χ2n) is 6.74. The summed E-state index contributed by atoms with van der Waals surface area (Å²) in [4.78, 5) is 25.2. The Hall–Kier alpha value is -3.69. The van der Waals surface area contributed by atoms with E-state index in [1.54, 1.807) is 66.7 Å². The molecule has 9 heteroatoms. The highest BCUT2D eigenvalue weighted by Crippen LogP contribution is 2.20. The van der Waals surface area contributed by atoms with E-state index in [1.807, 2.05) is 0 Å². The van der Waals surface area contributed by atoms with Crippen molar-refractivity contribution in [1.82, 2.24) is 4.72 Å². The highest BCUT2D eigenvalue weighted by atomic mass is 32.2. The van der Waals surface area contributed by atoms with Crippen LogP contribution in [0.1, 0.15) is 16.8 Å². The van der Waals surface area contributed by atoms with Crippen molar-refractivity contribution in [2.75, 3.05) is 24.3 Å². The van der Waals surface area contributed by atoms with Crippen molar-refractivity contribution in [2.45, 2.75) is 11.3 Å². The molecular formula is C23H23N3O5S. The number of methoxy groups -OCH3 is 1. The standard InChI is InChI=1S/C23H23N3O5S/c1-31-18-9-7-8-17(16-18)25-23(28)20-12-5-6-13-21(20)26-22(27)14-15-24-32(29,30)19-10-3-2-4-11-19/h2-13,16,24H,14-15H2,1H3,(H,25,28)(H,26,27). The molecule has 0 saturated heterocycles. The SMILES string of the molecule is COc1cccc(NC(=O)c2ccccc2NC(=O)CCNS(=O)(=O)c2ccccc2)c1. The number of hydrogen-bond acceptors (Lipinski definition) is 5. The largest absolute Gasteiger partial charge is 0.497 e. The normalized spacial score (nSPS) is 10.9. The van der Waals surface area contributed by atoms with E-state index in [4.69, 9.17) is 4.74 Å². The Morgan fingerprint density at radius 3 is 2.34 bits per heavy atom. The third kappa shape index (κ3) is 6.16. The smallest absolute Gasteiger partial charge is 0.257 e. The van der Waals surface area contributed by atoms with Gasteiger partial charge in [0.2, 0.25) is 15.9 Å². The fraction of sp³-hybridized carbons (Fsp3) is 0.130. The number of nitrogens with one attached hydrogen (secondary N) is 3. The molecular weight excluding hydrogens is 430 g/mol. The Bertz CT molecular complexity index is 1200. The topological polar surface area (TPSA) is 114 Å². The lowest BCUT2D eigenvalue weighted by molar-refractivity contribution is -0.116. The van der Waals surface area contributed by atoms with Crippen molar-refractivity contribution in [3.63, 3.8) is 0 Å². The fourth-order valence-electron chi connectivity index (χ4n) is 2.88. The average molecular weight is 454 g/mol. The van der Waals surface area contributed by atoms with E-state index in [-0.39, 0.29) is 23.4 Å². The Labute approximate surface area is 186 Å². The van der Waals surface area contributed by atoms with Crippen LogP contribution in [0.3, 0.4) is 0 Å². The molecule has 3 aromatic rings. The van der Waals surface area contributed by atoms with Crippen LogP contribution in [0, 0.1) is 0 Å². The molecule has 0 aromatic heterocycles. The van der Waals surface area contributed by atoms with Gasteiger partial charge in [-0.25, -0.2) is 13.1 Å². The molecule has 3 N–H and O–H groups in total. The molecule has 0 fully saturated rings. The number of ether oxygens (including phenoxy) is 1. The highest BCUT2D eigenvalue weighted by molar-refractivity contribution is 7.89. The summed E-state index contributed by atoms with van der Waals surface area (Å²) in [6.07, 6.45) is -0.0993. The van der Waals surface area contributed by atoms with Gasteiger partial charge in [-0.15, -0.1) is 0 Å². The lowest BCUT2D eigenvalue weighted by atomic mass is 10.1. The van der Waals surface area contributed by atoms with E-state index in [1.165, 1.54) is 19.2 Å². The Kier molecular flexibility index (Phi) is 7.58. The fourth-order valence-corrected chi connectivity index (χ4v) is 3.94. The predicted molar refractivity (Wildman–Crippen MR) is 122 cm³/mol. The van der Waals surface area contributed by atoms with Gasteiger partial charge < -0.3 is 15.4 Å². The maximum atomic E-state index is 12.7. The molecule has 2 amide bonds. The van der Waals surface area contributed by atoms with Gasteiger partial charge in [0.25, 0.3) is 5.91 Å². The van der Waals surface area contributed by atoms with Crippen molar-refractivity contribution in [2.24, 2.45) is 0 Å². The molecule has 0 heterocycles. The first-order valence-corrected chi connectivity index (χ1v) is 11.3. The second kappa shape index (κ2) is 10.6. The lowest BCUT2D eigenvalue weighted by Crippen LogP contribution is -2.28.